The Kier molecular flexibility index (Phi) is 38.9. The third-order valence-corrected chi connectivity index (χ3v) is 10.7. The molecule has 52 heavy (non-hydrogen) atoms. The molecule has 310 valence electrons. The molecular weight excluding hydrogens is 677 g/mol. The van der Waals surface area contributed by atoms with E-state index < -0.39 is 26.5 Å². The van der Waals surface area contributed by atoms with E-state index in [0.29, 0.717) is 13.0 Å². The van der Waals surface area contributed by atoms with Crippen LogP contribution in [-0.4, -0.2) is 56.3 Å². The van der Waals surface area contributed by atoms with E-state index in [-0.39, 0.29) is 25.6 Å². The first-order valence-electron chi connectivity index (χ1n) is 22.0. The van der Waals surface area contributed by atoms with Crippen molar-refractivity contribution in [2.75, 3.05) is 33.4 Å². The van der Waals surface area contributed by atoms with Gasteiger partial charge in [0.25, 0.3) is 0 Å². The molecule has 0 aliphatic carbocycles. The second-order valence-electron chi connectivity index (χ2n) is 14.9. The first-order valence-corrected chi connectivity index (χ1v) is 23.5. The van der Waals surface area contributed by atoms with E-state index in [1.165, 1.54) is 154 Å². The number of hydrogen-bond acceptors (Lipinski definition) is 8. The molecule has 0 bridgehead atoms. The van der Waals surface area contributed by atoms with Gasteiger partial charge in [-0.1, -0.05) is 194 Å². The van der Waals surface area contributed by atoms with Gasteiger partial charge in [-0.2, -0.15) is 0 Å². The fourth-order valence-corrected chi connectivity index (χ4v) is 7.13. The molecule has 1 unspecified atom stereocenters. The summed E-state index contributed by atoms with van der Waals surface area (Å²) in [6.07, 6.45) is 37.1. The lowest BCUT2D eigenvalue weighted by atomic mass is 10.0. The van der Waals surface area contributed by atoms with Gasteiger partial charge in [0.2, 0.25) is 0 Å². The van der Waals surface area contributed by atoms with Gasteiger partial charge in [-0.05, 0) is 19.9 Å². The van der Waals surface area contributed by atoms with E-state index in [4.69, 9.17) is 18.5 Å². The van der Waals surface area contributed by atoms with Crippen LogP contribution < -0.4 is 5.32 Å². The molecule has 0 rings (SSSR count). The van der Waals surface area contributed by atoms with Crippen molar-refractivity contribution in [3.63, 3.8) is 0 Å². The Bertz CT molecular complexity index is 830. The predicted molar refractivity (Wildman–Crippen MR) is 216 cm³/mol. The van der Waals surface area contributed by atoms with Crippen LogP contribution in [0.15, 0.2) is 0 Å². The third kappa shape index (κ3) is 38.7. The molecule has 2 N–H and O–H groups in total. The molecule has 0 saturated heterocycles. The van der Waals surface area contributed by atoms with Gasteiger partial charge in [0, 0.05) is 19.4 Å². The summed E-state index contributed by atoms with van der Waals surface area (Å²) in [6.45, 7) is 4.27. The van der Waals surface area contributed by atoms with Gasteiger partial charge in [-0.25, -0.2) is 4.57 Å². The van der Waals surface area contributed by atoms with Crippen LogP contribution >= 0.6 is 7.82 Å². The highest BCUT2D eigenvalue weighted by atomic mass is 31.2. The van der Waals surface area contributed by atoms with Crippen molar-refractivity contribution in [3.05, 3.63) is 0 Å². The highest BCUT2D eigenvalue weighted by Crippen LogP contribution is 2.43. The summed E-state index contributed by atoms with van der Waals surface area (Å²) in [5, 5.41) is 2.83. The van der Waals surface area contributed by atoms with Crippen LogP contribution in [0, 0.1) is 0 Å². The van der Waals surface area contributed by atoms with Crippen LogP contribution in [0.1, 0.15) is 219 Å². The van der Waals surface area contributed by atoms with Gasteiger partial charge >= 0.3 is 19.8 Å². The average Bonchev–Trinajstić information content (AvgIpc) is 3.12. The number of esters is 2. The van der Waals surface area contributed by atoms with Crippen LogP contribution in [0.2, 0.25) is 0 Å². The number of ether oxygens (including phenoxy) is 2. The minimum Gasteiger partial charge on any atom is -0.462 e. The smallest absolute Gasteiger partial charge is 0.462 e. The van der Waals surface area contributed by atoms with Gasteiger partial charge in [-0.3, -0.25) is 18.6 Å². The summed E-state index contributed by atoms with van der Waals surface area (Å²) in [7, 11) is -2.64. The Morgan fingerprint density at radius 2 is 0.865 bits per heavy atom. The van der Waals surface area contributed by atoms with Crippen LogP contribution in [0.3, 0.4) is 0 Å². The molecule has 0 heterocycles. The maximum absolute atomic E-state index is 12.6. The van der Waals surface area contributed by atoms with Crippen LogP contribution in [0.25, 0.3) is 0 Å². The molecule has 9 nitrogen and oxygen atoms in total. The minimum absolute atomic E-state index is 0.0117. The first-order chi connectivity index (χ1) is 25.3. The molecule has 0 aromatic heterocycles. The lowest BCUT2D eigenvalue weighted by Gasteiger charge is -2.20. The third-order valence-electron chi connectivity index (χ3n) is 9.73. The van der Waals surface area contributed by atoms with E-state index in [0.717, 1.165) is 38.5 Å². The Morgan fingerprint density at radius 3 is 1.23 bits per heavy atom. The largest absolute Gasteiger partial charge is 0.472 e. The average molecular weight is 762 g/mol. The van der Waals surface area contributed by atoms with E-state index >= 15 is 0 Å². The van der Waals surface area contributed by atoms with Crippen LogP contribution in [-0.2, 0) is 32.7 Å². The number of unbranched alkanes of at least 4 members (excludes halogenated alkanes) is 28. The number of phosphoric acid groups is 1. The number of nitrogens with one attached hydrogen (secondary N) is 1. The lowest BCUT2D eigenvalue weighted by molar-refractivity contribution is -0.161. The monoisotopic (exact) mass is 762 g/mol. The summed E-state index contributed by atoms with van der Waals surface area (Å²) in [6, 6.07) is 0. The van der Waals surface area contributed by atoms with Crippen LogP contribution in [0.5, 0.6) is 0 Å². The van der Waals surface area contributed by atoms with Gasteiger partial charge in [0.15, 0.2) is 6.10 Å². The maximum atomic E-state index is 12.6. The highest BCUT2D eigenvalue weighted by Gasteiger charge is 2.26. The second kappa shape index (κ2) is 39.7. The van der Waals surface area contributed by atoms with Crippen molar-refractivity contribution in [3.8, 4) is 0 Å². The van der Waals surface area contributed by atoms with Crippen LogP contribution in [0.4, 0.5) is 0 Å². The van der Waals surface area contributed by atoms with Gasteiger partial charge in [0.05, 0.1) is 13.2 Å². The number of hydrogen-bond donors (Lipinski definition) is 2. The summed E-state index contributed by atoms with van der Waals surface area (Å²) in [4.78, 5) is 35.0. The van der Waals surface area contributed by atoms with Gasteiger partial charge in [0.1, 0.15) is 6.61 Å². The molecule has 0 aliphatic rings. The van der Waals surface area contributed by atoms with Crippen molar-refractivity contribution in [1.29, 1.82) is 0 Å². The zero-order valence-electron chi connectivity index (χ0n) is 34.3. The Morgan fingerprint density at radius 1 is 0.519 bits per heavy atom. The molecule has 0 amide bonds. The molecule has 0 fully saturated rings. The Labute approximate surface area is 320 Å². The fraction of sp³-hybridized carbons (Fsp3) is 0.952. The van der Waals surface area contributed by atoms with Crippen molar-refractivity contribution >= 4 is 19.8 Å². The zero-order valence-corrected chi connectivity index (χ0v) is 35.2. The topological polar surface area (TPSA) is 120 Å². The summed E-state index contributed by atoms with van der Waals surface area (Å²) in [5.41, 5.74) is 0. The molecule has 10 heteroatoms. The van der Waals surface area contributed by atoms with E-state index in [2.05, 4.69) is 19.2 Å². The van der Waals surface area contributed by atoms with E-state index in [1.54, 1.807) is 7.05 Å². The number of likely N-dealkylation sites (N-methyl/N-ethyl adjacent to an activating group) is 1. The lowest BCUT2D eigenvalue weighted by Crippen LogP contribution is -2.29. The van der Waals surface area contributed by atoms with Crippen molar-refractivity contribution in [1.82, 2.24) is 5.32 Å². The summed E-state index contributed by atoms with van der Waals surface area (Å²) in [5.74, 6) is -0.791. The Balaban J connectivity index is 4.17. The number of phosphoric ester groups is 1. The van der Waals surface area contributed by atoms with Gasteiger partial charge in [-0.15, -0.1) is 0 Å². The molecule has 0 saturated carbocycles. The molecule has 0 aromatic rings. The number of carbonyl (C=O) groups is 2. The van der Waals surface area contributed by atoms with Crippen molar-refractivity contribution < 1.29 is 37.6 Å². The Hall–Kier alpha value is -0.990. The normalized spacial score (nSPS) is 13.2. The molecule has 0 aliphatic heterocycles. The fourth-order valence-electron chi connectivity index (χ4n) is 6.38. The quantitative estimate of drug-likeness (QED) is 0.0356. The number of carbonyl (C=O) groups excluding carboxylic acids is 2. The molecule has 0 spiro atoms. The van der Waals surface area contributed by atoms with Crippen molar-refractivity contribution in [2.45, 2.75) is 225 Å². The standard InChI is InChI=1S/C42H84NO8P/c1-4-6-8-10-12-14-16-18-20-22-24-26-28-30-32-34-41(44)48-38-40(39-50-52(46,47)49-37-36-43-3)51-42(45)35-33-31-29-27-25-23-21-19-17-15-13-11-9-7-5-2/h40,43H,4-39H2,1-3H3,(H,46,47)/t40-/m1/s1. The summed E-state index contributed by atoms with van der Waals surface area (Å²) >= 11 is 0. The molecule has 0 radical (unpaired) electrons. The molecular formula is C42H84NO8P. The molecule has 0 aromatic carbocycles. The zero-order chi connectivity index (χ0) is 38.2. The second-order valence-corrected chi connectivity index (χ2v) is 16.3. The summed E-state index contributed by atoms with van der Waals surface area (Å²) < 4.78 is 33.2. The van der Waals surface area contributed by atoms with Gasteiger partial charge < -0.3 is 19.7 Å². The van der Waals surface area contributed by atoms with Crippen molar-refractivity contribution in [2.24, 2.45) is 0 Å². The van der Waals surface area contributed by atoms with E-state index in [1.807, 2.05) is 0 Å². The minimum atomic E-state index is -4.34. The SMILES string of the molecule is CCCCCCCCCCCCCCCCCC(=O)OC[C@H](COP(=O)(O)OCCNC)OC(=O)CCCCCCCCCCCCCCCCC. The number of rotatable bonds is 42. The first kappa shape index (κ1) is 51.0. The molecule has 2 atom stereocenters. The predicted octanol–water partition coefficient (Wildman–Crippen LogP) is 12.3. The highest BCUT2D eigenvalue weighted by molar-refractivity contribution is 7.47. The van der Waals surface area contributed by atoms with E-state index in [9.17, 15) is 19.0 Å². The maximum Gasteiger partial charge on any atom is 0.472 e.